The molecule has 0 aromatic heterocycles. The number of hydrogen-bond donors (Lipinski definition) is 2. The van der Waals surface area contributed by atoms with Crippen LogP contribution in [0.5, 0.6) is 0 Å². The number of nitriles is 1. The summed E-state index contributed by atoms with van der Waals surface area (Å²) in [4.78, 5) is 25.2. The molecule has 0 heterocycles. The molecule has 2 aromatic rings. The first-order valence-electron chi connectivity index (χ1n) is 8.75. The molecular weight excluding hydrogens is 326 g/mol. The maximum absolute atomic E-state index is 12.7. The van der Waals surface area contributed by atoms with E-state index in [1.807, 2.05) is 56.3 Å². The molecule has 5 nitrogen and oxygen atoms in total. The van der Waals surface area contributed by atoms with Gasteiger partial charge in [-0.25, -0.2) is 0 Å². The molecule has 0 bridgehead atoms. The third-order valence-corrected chi connectivity index (χ3v) is 4.06. The zero-order valence-electron chi connectivity index (χ0n) is 15.7. The summed E-state index contributed by atoms with van der Waals surface area (Å²) in [6.45, 7) is 7.22. The lowest BCUT2D eigenvalue weighted by molar-refractivity contribution is -0.124. The second-order valence-corrected chi connectivity index (χ2v) is 7.44. The van der Waals surface area contributed by atoms with Crippen LogP contribution < -0.4 is 10.6 Å². The van der Waals surface area contributed by atoms with E-state index >= 15 is 0 Å². The second-order valence-electron chi connectivity index (χ2n) is 7.44. The highest BCUT2D eigenvalue weighted by molar-refractivity contribution is 6.00. The lowest BCUT2D eigenvalue weighted by Gasteiger charge is -2.24. The van der Waals surface area contributed by atoms with Crippen molar-refractivity contribution in [3.8, 4) is 6.07 Å². The fraction of sp³-hybridized carbons (Fsp3) is 0.381. The monoisotopic (exact) mass is 351 g/mol. The molecule has 0 radical (unpaired) electrons. The molecule has 0 aliphatic heterocycles. The van der Waals surface area contributed by atoms with Crippen LogP contribution in [0.1, 0.15) is 44.5 Å². The average Bonchev–Trinajstić information content (AvgIpc) is 2.59. The smallest absolute Gasteiger partial charge is 0.251 e. The minimum Gasteiger partial charge on any atom is -0.340 e. The molecule has 0 aliphatic carbocycles. The first kappa shape index (κ1) is 19.5. The van der Waals surface area contributed by atoms with Crippen molar-refractivity contribution in [2.24, 2.45) is 5.92 Å². The number of rotatable bonds is 6. The van der Waals surface area contributed by atoms with Gasteiger partial charge in [0.2, 0.25) is 5.91 Å². The van der Waals surface area contributed by atoms with Crippen molar-refractivity contribution in [1.29, 1.82) is 5.26 Å². The van der Waals surface area contributed by atoms with E-state index in [4.69, 9.17) is 5.26 Å². The van der Waals surface area contributed by atoms with Gasteiger partial charge in [0.25, 0.3) is 5.91 Å². The van der Waals surface area contributed by atoms with Gasteiger partial charge in [-0.1, -0.05) is 44.2 Å². The van der Waals surface area contributed by atoms with Gasteiger partial charge >= 0.3 is 0 Å². The maximum Gasteiger partial charge on any atom is 0.251 e. The molecule has 0 saturated heterocycles. The van der Waals surface area contributed by atoms with Crippen LogP contribution in [0, 0.1) is 17.2 Å². The lowest BCUT2D eigenvalue weighted by Crippen LogP contribution is -2.53. The molecule has 0 aliphatic rings. The number of fused-ring (bicyclic) bond motifs is 1. The molecule has 0 saturated carbocycles. The fourth-order valence-corrected chi connectivity index (χ4v) is 2.70. The van der Waals surface area contributed by atoms with Gasteiger partial charge in [-0.2, -0.15) is 5.26 Å². The van der Waals surface area contributed by atoms with E-state index < -0.39 is 11.6 Å². The summed E-state index contributed by atoms with van der Waals surface area (Å²) >= 11 is 0. The van der Waals surface area contributed by atoms with Gasteiger partial charge in [-0.05, 0) is 49.1 Å². The van der Waals surface area contributed by atoms with Crippen molar-refractivity contribution in [1.82, 2.24) is 10.6 Å². The molecule has 2 amide bonds. The Labute approximate surface area is 154 Å². The van der Waals surface area contributed by atoms with E-state index in [2.05, 4.69) is 10.6 Å². The first-order chi connectivity index (χ1) is 12.2. The zero-order chi connectivity index (χ0) is 19.3. The van der Waals surface area contributed by atoms with Gasteiger partial charge in [-0.15, -0.1) is 0 Å². The third kappa shape index (κ3) is 5.06. The number of hydrogen-bond acceptors (Lipinski definition) is 3. The molecule has 26 heavy (non-hydrogen) atoms. The topological polar surface area (TPSA) is 82.0 Å². The Bertz CT molecular complexity index is 850. The highest BCUT2D eigenvalue weighted by atomic mass is 16.2. The van der Waals surface area contributed by atoms with Gasteiger partial charge in [0.15, 0.2) is 0 Å². The zero-order valence-corrected chi connectivity index (χ0v) is 15.7. The van der Waals surface area contributed by atoms with Gasteiger partial charge in [0.1, 0.15) is 11.6 Å². The van der Waals surface area contributed by atoms with E-state index in [0.29, 0.717) is 12.0 Å². The Balaban J connectivity index is 2.19. The number of amides is 2. The molecular formula is C21H25N3O2. The SMILES string of the molecule is CC(C)C[C@H](NC(=O)c1ccc2ccccc2c1)C(=O)NC(C)(C)C#N. The highest BCUT2D eigenvalue weighted by Crippen LogP contribution is 2.16. The Kier molecular flexibility index (Phi) is 5.99. The molecule has 2 aromatic carbocycles. The number of nitrogens with one attached hydrogen (secondary N) is 2. The predicted octanol–water partition coefficient (Wildman–Crippen LogP) is 3.40. The van der Waals surface area contributed by atoms with E-state index in [0.717, 1.165) is 10.8 Å². The molecule has 5 heteroatoms. The van der Waals surface area contributed by atoms with Crippen molar-refractivity contribution in [2.45, 2.75) is 45.7 Å². The fourth-order valence-electron chi connectivity index (χ4n) is 2.70. The van der Waals surface area contributed by atoms with E-state index in [1.54, 1.807) is 19.9 Å². The summed E-state index contributed by atoms with van der Waals surface area (Å²) in [5, 5.41) is 16.6. The maximum atomic E-state index is 12.7. The summed E-state index contributed by atoms with van der Waals surface area (Å²) in [5.74, 6) is -0.432. The van der Waals surface area contributed by atoms with E-state index in [-0.39, 0.29) is 17.7 Å². The first-order valence-corrected chi connectivity index (χ1v) is 8.75. The summed E-state index contributed by atoms with van der Waals surface area (Å²) in [5.41, 5.74) is -0.482. The average molecular weight is 351 g/mol. The number of carbonyl (C=O) groups is 2. The van der Waals surface area contributed by atoms with E-state index in [1.165, 1.54) is 0 Å². The molecule has 2 N–H and O–H groups in total. The highest BCUT2D eigenvalue weighted by Gasteiger charge is 2.27. The number of benzene rings is 2. The van der Waals surface area contributed by atoms with Crippen LogP contribution in [0.25, 0.3) is 10.8 Å². The van der Waals surface area contributed by atoms with Gasteiger partial charge in [-0.3, -0.25) is 9.59 Å². The van der Waals surface area contributed by atoms with Crippen molar-refractivity contribution in [2.75, 3.05) is 0 Å². The Hall–Kier alpha value is -2.87. The number of nitrogens with zero attached hydrogens (tertiary/aromatic N) is 1. The van der Waals surface area contributed by atoms with Crippen LogP contribution >= 0.6 is 0 Å². The van der Waals surface area contributed by atoms with Gasteiger partial charge < -0.3 is 10.6 Å². The van der Waals surface area contributed by atoms with Crippen LogP contribution in [0.3, 0.4) is 0 Å². The quantitative estimate of drug-likeness (QED) is 0.837. The van der Waals surface area contributed by atoms with Crippen LogP contribution in [0.2, 0.25) is 0 Å². The van der Waals surface area contributed by atoms with Crippen LogP contribution in [0.15, 0.2) is 42.5 Å². The standard InChI is InChI=1S/C21H25N3O2/c1-14(2)11-18(20(26)24-21(3,4)13-22)23-19(25)17-10-9-15-7-5-6-8-16(15)12-17/h5-10,12,14,18H,11H2,1-4H3,(H,23,25)(H,24,26)/t18-/m0/s1. The van der Waals surface area contributed by atoms with Crippen LogP contribution in [0.4, 0.5) is 0 Å². The lowest BCUT2D eigenvalue weighted by atomic mass is 10.00. The summed E-state index contributed by atoms with van der Waals surface area (Å²) in [6.07, 6.45) is 0.493. The number of carbonyl (C=O) groups excluding carboxylic acids is 2. The minimum absolute atomic E-state index is 0.216. The van der Waals surface area contributed by atoms with Crippen molar-refractivity contribution < 1.29 is 9.59 Å². The molecule has 0 spiro atoms. The summed E-state index contributed by atoms with van der Waals surface area (Å²) in [7, 11) is 0. The van der Waals surface area contributed by atoms with Gasteiger partial charge in [0, 0.05) is 5.56 Å². The van der Waals surface area contributed by atoms with E-state index in [9.17, 15) is 9.59 Å². The Morgan fingerprint density at radius 3 is 2.38 bits per heavy atom. The molecule has 1 atom stereocenters. The molecule has 0 fully saturated rings. The largest absolute Gasteiger partial charge is 0.340 e. The molecule has 136 valence electrons. The molecule has 0 unspecified atom stereocenters. The Morgan fingerprint density at radius 1 is 1.12 bits per heavy atom. The third-order valence-electron chi connectivity index (χ3n) is 4.06. The van der Waals surface area contributed by atoms with Crippen molar-refractivity contribution >= 4 is 22.6 Å². The summed E-state index contributed by atoms with van der Waals surface area (Å²) < 4.78 is 0. The normalized spacial score (nSPS) is 12.5. The van der Waals surface area contributed by atoms with Crippen molar-refractivity contribution in [3.05, 3.63) is 48.0 Å². The Morgan fingerprint density at radius 2 is 1.77 bits per heavy atom. The minimum atomic E-state index is -0.986. The summed E-state index contributed by atoms with van der Waals surface area (Å²) in [6, 6.07) is 14.6. The van der Waals surface area contributed by atoms with Crippen molar-refractivity contribution in [3.63, 3.8) is 0 Å². The van der Waals surface area contributed by atoms with Crippen LogP contribution in [-0.2, 0) is 4.79 Å². The molecule has 2 rings (SSSR count). The predicted molar refractivity (Wildman–Crippen MR) is 102 cm³/mol. The van der Waals surface area contributed by atoms with Crippen LogP contribution in [-0.4, -0.2) is 23.4 Å². The van der Waals surface area contributed by atoms with Gasteiger partial charge in [0.05, 0.1) is 6.07 Å². The second kappa shape index (κ2) is 8.01.